The first-order valence-corrected chi connectivity index (χ1v) is 8.00. The summed E-state index contributed by atoms with van der Waals surface area (Å²) in [6.45, 7) is 0. The van der Waals surface area contributed by atoms with Crippen molar-refractivity contribution >= 4 is 11.0 Å². The van der Waals surface area contributed by atoms with E-state index in [4.69, 9.17) is 23.2 Å². The average Bonchev–Trinajstić information content (AvgIpc) is 3.36. The van der Waals surface area contributed by atoms with Gasteiger partial charge in [0.25, 0.3) is 0 Å². The summed E-state index contributed by atoms with van der Waals surface area (Å²) in [4.78, 5) is 0. The van der Waals surface area contributed by atoms with Gasteiger partial charge in [0.2, 0.25) is 5.75 Å². The first-order valence-electron chi connectivity index (χ1n) is 8.00. The van der Waals surface area contributed by atoms with Crippen molar-refractivity contribution in [1.82, 2.24) is 5.16 Å². The van der Waals surface area contributed by atoms with Crippen LogP contribution in [0.15, 0.2) is 57.7 Å². The summed E-state index contributed by atoms with van der Waals surface area (Å²) in [6.07, 6.45) is 1.58. The van der Waals surface area contributed by atoms with E-state index in [9.17, 15) is 0 Å². The van der Waals surface area contributed by atoms with Crippen LogP contribution in [0, 0.1) is 0 Å². The minimum Gasteiger partial charge on any atom is -0.495 e. The SMILES string of the molecule is COc1c(-c2cc(-c3ccccc3)on2)c(OC)c2ccoc2c1OC. The third-order valence-corrected chi connectivity index (χ3v) is 4.21. The molecule has 2 aromatic carbocycles. The molecule has 26 heavy (non-hydrogen) atoms. The van der Waals surface area contributed by atoms with Crippen molar-refractivity contribution in [1.29, 1.82) is 0 Å². The van der Waals surface area contributed by atoms with E-state index in [0.29, 0.717) is 39.8 Å². The Morgan fingerprint density at radius 2 is 1.58 bits per heavy atom. The Balaban J connectivity index is 1.98. The fourth-order valence-corrected chi connectivity index (χ4v) is 3.07. The lowest BCUT2D eigenvalue weighted by molar-refractivity contribution is 0.350. The van der Waals surface area contributed by atoms with Gasteiger partial charge in [0, 0.05) is 11.6 Å². The molecule has 0 atom stereocenters. The van der Waals surface area contributed by atoms with E-state index in [0.717, 1.165) is 10.9 Å². The Bertz CT molecular complexity index is 1050. The summed E-state index contributed by atoms with van der Waals surface area (Å²) < 4.78 is 27.9. The Labute approximate surface area is 149 Å². The van der Waals surface area contributed by atoms with E-state index < -0.39 is 0 Å². The van der Waals surface area contributed by atoms with Gasteiger partial charge in [-0.1, -0.05) is 35.5 Å². The molecular formula is C20H17NO5. The number of ether oxygens (including phenoxy) is 3. The molecule has 2 aromatic heterocycles. The second-order valence-electron chi connectivity index (χ2n) is 5.58. The third kappa shape index (κ3) is 2.38. The smallest absolute Gasteiger partial charge is 0.205 e. The molecule has 0 unspecified atom stereocenters. The fraction of sp³-hybridized carbons (Fsp3) is 0.150. The van der Waals surface area contributed by atoms with E-state index in [-0.39, 0.29) is 0 Å². The Hall–Kier alpha value is -3.41. The predicted octanol–water partition coefficient (Wildman–Crippen LogP) is 4.78. The highest BCUT2D eigenvalue weighted by atomic mass is 16.5. The Kier molecular flexibility index (Phi) is 4.01. The van der Waals surface area contributed by atoms with Crippen molar-refractivity contribution in [3.8, 4) is 39.8 Å². The van der Waals surface area contributed by atoms with E-state index in [1.807, 2.05) is 42.5 Å². The average molecular weight is 351 g/mol. The lowest BCUT2D eigenvalue weighted by atomic mass is 10.0. The highest BCUT2D eigenvalue weighted by molar-refractivity contribution is 6.00. The zero-order chi connectivity index (χ0) is 18.1. The lowest BCUT2D eigenvalue weighted by Gasteiger charge is -2.15. The van der Waals surface area contributed by atoms with Crippen LogP contribution in [-0.4, -0.2) is 26.5 Å². The van der Waals surface area contributed by atoms with Gasteiger partial charge < -0.3 is 23.2 Å². The molecule has 0 amide bonds. The van der Waals surface area contributed by atoms with Gasteiger partial charge in [-0.2, -0.15) is 0 Å². The zero-order valence-electron chi connectivity index (χ0n) is 14.6. The second-order valence-corrected chi connectivity index (χ2v) is 5.58. The third-order valence-electron chi connectivity index (χ3n) is 4.21. The molecule has 4 rings (SSSR count). The van der Waals surface area contributed by atoms with Crippen LogP contribution >= 0.6 is 0 Å². The normalized spacial score (nSPS) is 10.9. The van der Waals surface area contributed by atoms with Crippen LogP contribution < -0.4 is 14.2 Å². The number of rotatable bonds is 5. The summed E-state index contributed by atoms with van der Waals surface area (Å²) in [5, 5.41) is 4.99. The maximum atomic E-state index is 5.65. The number of hydrogen-bond acceptors (Lipinski definition) is 6. The quantitative estimate of drug-likeness (QED) is 0.515. The van der Waals surface area contributed by atoms with Gasteiger partial charge in [0.1, 0.15) is 11.4 Å². The second kappa shape index (κ2) is 6.48. The highest BCUT2D eigenvalue weighted by Crippen LogP contribution is 2.51. The first-order chi connectivity index (χ1) is 12.8. The van der Waals surface area contributed by atoms with Crippen LogP contribution in [-0.2, 0) is 0 Å². The van der Waals surface area contributed by atoms with E-state index >= 15 is 0 Å². The number of aromatic nitrogens is 1. The molecule has 2 heterocycles. The molecule has 0 fully saturated rings. The Morgan fingerprint density at radius 1 is 0.846 bits per heavy atom. The van der Waals surface area contributed by atoms with Crippen molar-refractivity contribution in [2.24, 2.45) is 0 Å². The molecule has 0 bridgehead atoms. The molecule has 0 aliphatic rings. The minimum atomic E-state index is 0.472. The van der Waals surface area contributed by atoms with Crippen molar-refractivity contribution in [3.63, 3.8) is 0 Å². The number of hydrogen-bond donors (Lipinski definition) is 0. The largest absolute Gasteiger partial charge is 0.495 e. The summed E-state index contributed by atoms with van der Waals surface area (Å²) >= 11 is 0. The van der Waals surface area contributed by atoms with E-state index in [1.165, 1.54) is 0 Å². The number of fused-ring (bicyclic) bond motifs is 1. The van der Waals surface area contributed by atoms with E-state index in [2.05, 4.69) is 5.16 Å². The summed E-state index contributed by atoms with van der Waals surface area (Å²) in [5.41, 5.74) is 2.71. The van der Waals surface area contributed by atoms with Crippen LogP contribution in [0.25, 0.3) is 33.6 Å². The van der Waals surface area contributed by atoms with Crippen LogP contribution in [0.2, 0.25) is 0 Å². The number of furan rings is 1. The monoisotopic (exact) mass is 351 g/mol. The molecule has 0 N–H and O–H groups in total. The highest BCUT2D eigenvalue weighted by Gasteiger charge is 2.27. The number of benzene rings is 2. The first kappa shape index (κ1) is 16.1. The van der Waals surface area contributed by atoms with Crippen molar-refractivity contribution < 1.29 is 23.2 Å². The van der Waals surface area contributed by atoms with Crippen LogP contribution in [0.1, 0.15) is 0 Å². The van der Waals surface area contributed by atoms with Gasteiger partial charge in [0.05, 0.1) is 38.5 Å². The van der Waals surface area contributed by atoms with Crippen molar-refractivity contribution in [3.05, 3.63) is 48.7 Å². The Morgan fingerprint density at radius 3 is 2.27 bits per heavy atom. The maximum absolute atomic E-state index is 5.65. The molecule has 0 saturated heterocycles. The van der Waals surface area contributed by atoms with Gasteiger partial charge in [-0.15, -0.1) is 0 Å². The standard InChI is InChI=1S/C20H17NO5/c1-22-17-13-9-10-25-18(13)20(24-3)19(23-2)16(17)14-11-15(26-21-14)12-7-5-4-6-8-12/h4-11H,1-3H3. The molecule has 132 valence electrons. The van der Waals surface area contributed by atoms with Crippen molar-refractivity contribution in [2.45, 2.75) is 0 Å². The molecular weight excluding hydrogens is 334 g/mol. The van der Waals surface area contributed by atoms with Gasteiger partial charge >= 0.3 is 0 Å². The minimum absolute atomic E-state index is 0.472. The molecule has 4 aromatic rings. The van der Waals surface area contributed by atoms with Crippen LogP contribution in [0.5, 0.6) is 17.2 Å². The summed E-state index contributed by atoms with van der Waals surface area (Å²) in [6, 6.07) is 13.4. The van der Waals surface area contributed by atoms with E-state index in [1.54, 1.807) is 27.6 Å². The topological polar surface area (TPSA) is 66.9 Å². The zero-order valence-corrected chi connectivity index (χ0v) is 14.6. The van der Waals surface area contributed by atoms with Crippen molar-refractivity contribution in [2.75, 3.05) is 21.3 Å². The maximum Gasteiger partial charge on any atom is 0.205 e. The van der Waals surface area contributed by atoms with Crippen LogP contribution in [0.4, 0.5) is 0 Å². The summed E-state index contributed by atoms with van der Waals surface area (Å²) in [7, 11) is 4.72. The van der Waals surface area contributed by atoms with Gasteiger partial charge in [-0.05, 0) is 6.07 Å². The predicted molar refractivity (Wildman–Crippen MR) is 96.8 cm³/mol. The van der Waals surface area contributed by atoms with Gasteiger partial charge in [-0.25, -0.2) is 0 Å². The molecule has 0 aliphatic heterocycles. The molecule has 0 aliphatic carbocycles. The van der Waals surface area contributed by atoms with Crippen LogP contribution in [0.3, 0.4) is 0 Å². The molecule has 0 spiro atoms. The fourth-order valence-electron chi connectivity index (χ4n) is 3.07. The molecule has 6 nitrogen and oxygen atoms in total. The molecule has 0 radical (unpaired) electrons. The molecule has 0 saturated carbocycles. The number of nitrogens with zero attached hydrogens (tertiary/aromatic N) is 1. The number of methoxy groups -OCH3 is 3. The molecule has 6 heteroatoms. The lowest BCUT2D eigenvalue weighted by Crippen LogP contribution is -1.98. The van der Waals surface area contributed by atoms with Gasteiger partial charge in [0.15, 0.2) is 17.1 Å². The van der Waals surface area contributed by atoms with Gasteiger partial charge in [-0.3, -0.25) is 0 Å². The summed E-state index contributed by atoms with van der Waals surface area (Å²) in [5.74, 6) is 2.18.